The summed E-state index contributed by atoms with van der Waals surface area (Å²) in [6, 6.07) is 1.49. The largest absolute Gasteiger partial charge is 0.397 e. The van der Waals surface area contributed by atoms with Crippen LogP contribution in [0, 0.1) is 0 Å². The van der Waals surface area contributed by atoms with E-state index in [1.807, 2.05) is 0 Å². The van der Waals surface area contributed by atoms with Crippen LogP contribution in [0.25, 0.3) is 0 Å². The van der Waals surface area contributed by atoms with Crippen LogP contribution < -0.4 is 11.1 Å². The summed E-state index contributed by atoms with van der Waals surface area (Å²) >= 11 is 5.76. The molecule has 102 valence electrons. The highest BCUT2D eigenvalue weighted by Crippen LogP contribution is 2.19. The summed E-state index contributed by atoms with van der Waals surface area (Å²) in [4.78, 5) is 15.8. The fourth-order valence-electron chi connectivity index (χ4n) is 2.20. The van der Waals surface area contributed by atoms with Gasteiger partial charge in [0.05, 0.1) is 17.4 Å². The second-order valence-electron chi connectivity index (χ2n) is 4.71. The van der Waals surface area contributed by atoms with Crippen molar-refractivity contribution in [2.75, 3.05) is 12.3 Å². The summed E-state index contributed by atoms with van der Waals surface area (Å²) in [6.07, 6.45) is 9.45. The Morgan fingerprint density at radius 3 is 3.05 bits per heavy atom. The van der Waals surface area contributed by atoms with E-state index in [1.54, 1.807) is 0 Å². The Kier molecular flexibility index (Phi) is 4.80. The van der Waals surface area contributed by atoms with E-state index in [-0.39, 0.29) is 11.1 Å². The van der Waals surface area contributed by atoms with Crippen molar-refractivity contribution in [3.63, 3.8) is 0 Å². The second-order valence-corrected chi connectivity index (χ2v) is 5.10. The number of nitrogens with two attached hydrogens (primary N) is 1. The second kappa shape index (κ2) is 6.57. The lowest BCUT2D eigenvalue weighted by Gasteiger charge is -2.13. The van der Waals surface area contributed by atoms with Gasteiger partial charge in [-0.15, -0.1) is 0 Å². The van der Waals surface area contributed by atoms with Crippen molar-refractivity contribution in [3.8, 4) is 0 Å². The first-order chi connectivity index (χ1) is 9.16. The molecular weight excluding hydrogens is 262 g/mol. The number of pyridine rings is 1. The fourth-order valence-corrected chi connectivity index (χ4v) is 2.36. The van der Waals surface area contributed by atoms with Crippen LogP contribution in [-0.4, -0.2) is 17.4 Å². The zero-order valence-corrected chi connectivity index (χ0v) is 11.5. The number of amides is 1. The zero-order valence-electron chi connectivity index (χ0n) is 10.8. The molecule has 0 radical (unpaired) electrons. The molecule has 5 heteroatoms. The van der Waals surface area contributed by atoms with Gasteiger partial charge in [0.1, 0.15) is 5.15 Å². The van der Waals surface area contributed by atoms with Crippen molar-refractivity contribution in [2.45, 2.75) is 32.1 Å². The van der Waals surface area contributed by atoms with Gasteiger partial charge in [-0.2, -0.15) is 0 Å². The minimum Gasteiger partial charge on any atom is -0.397 e. The summed E-state index contributed by atoms with van der Waals surface area (Å²) in [6.45, 7) is 0.629. The predicted octanol–water partition coefficient (Wildman–Crippen LogP) is 2.94. The molecule has 1 aliphatic rings. The van der Waals surface area contributed by atoms with Crippen molar-refractivity contribution >= 4 is 23.2 Å². The lowest BCUT2D eigenvalue weighted by atomic mass is 9.97. The van der Waals surface area contributed by atoms with Crippen molar-refractivity contribution in [1.82, 2.24) is 10.3 Å². The Bertz CT molecular complexity index is 499. The number of hydrogen-bond donors (Lipinski definition) is 2. The Morgan fingerprint density at radius 1 is 1.47 bits per heavy atom. The van der Waals surface area contributed by atoms with Gasteiger partial charge in [0.2, 0.25) is 0 Å². The first-order valence-corrected chi connectivity index (χ1v) is 6.92. The molecule has 1 aromatic heterocycles. The molecule has 3 N–H and O–H groups in total. The number of aromatic nitrogens is 1. The molecule has 0 bridgehead atoms. The molecule has 1 amide bonds. The monoisotopic (exact) mass is 279 g/mol. The average molecular weight is 280 g/mol. The average Bonchev–Trinajstić information content (AvgIpc) is 2.42. The summed E-state index contributed by atoms with van der Waals surface area (Å²) in [7, 11) is 0. The maximum atomic E-state index is 12.0. The highest BCUT2D eigenvalue weighted by molar-refractivity contribution is 6.29. The number of nitrogens with one attached hydrogen (secondary N) is 1. The van der Waals surface area contributed by atoms with Gasteiger partial charge in [-0.1, -0.05) is 23.3 Å². The quantitative estimate of drug-likeness (QED) is 0.658. The molecule has 0 unspecified atom stereocenters. The number of carbonyl (C=O) groups excluding carboxylic acids is 1. The van der Waals surface area contributed by atoms with Crippen molar-refractivity contribution in [1.29, 1.82) is 0 Å². The molecule has 4 nitrogen and oxygen atoms in total. The van der Waals surface area contributed by atoms with Crippen molar-refractivity contribution in [2.24, 2.45) is 0 Å². The van der Waals surface area contributed by atoms with Gasteiger partial charge in [0, 0.05) is 6.54 Å². The van der Waals surface area contributed by atoms with Crippen molar-refractivity contribution < 1.29 is 4.79 Å². The van der Waals surface area contributed by atoms with E-state index in [0.29, 0.717) is 17.8 Å². The van der Waals surface area contributed by atoms with Crippen molar-refractivity contribution in [3.05, 3.63) is 34.6 Å². The number of nitrogens with zero attached hydrogens (tertiary/aromatic N) is 1. The molecule has 0 atom stereocenters. The van der Waals surface area contributed by atoms with E-state index in [2.05, 4.69) is 16.4 Å². The molecule has 1 aliphatic carbocycles. The van der Waals surface area contributed by atoms with Gasteiger partial charge >= 0.3 is 0 Å². The topological polar surface area (TPSA) is 68.0 Å². The number of rotatable bonds is 4. The zero-order chi connectivity index (χ0) is 13.7. The minimum atomic E-state index is -0.196. The van der Waals surface area contributed by atoms with Crippen LogP contribution in [0.5, 0.6) is 0 Å². The number of halogens is 1. The van der Waals surface area contributed by atoms with Gasteiger partial charge < -0.3 is 11.1 Å². The molecule has 0 spiro atoms. The van der Waals surface area contributed by atoms with Crippen LogP contribution in [0.2, 0.25) is 5.15 Å². The van der Waals surface area contributed by atoms with Crippen LogP contribution in [0.15, 0.2) is 23.9 Å². The molecule has 19 heavy (non-hydrogen) atoms. The third-order valence-electron chi connectivity index (χ3n) is 3.26. The first-order valence-electron chi connectivity index (χ1n) is 6.54. The molecule has 1 heterocycles. The molecular formula is C14H18ClN3O. The number of anilines is 1. The SMILES string of the molecule is Nc1cnc(Cl)cc1C(=O)NCCC1=CCCCC1. The van der Waals surface area contributed by atoms with E-state index in [1.165, 1.54) is 30.7 Å². The molecule has 1 aromatic rings. The Balaban J connectivity index is 1.87. The Hall–Kier alpha value is -1.55. The highest BCUT2D eigenvalue weighted by atomic mass is 35.5. The van der Waals surface area contributed by atoms with E-state index in [0.717, 1.165) is 19.3 Å². The summed E-state index contributed by atoms with van der Waals surface area (Å²) in [5.41, 5.74) is 7.88. The maximum absolute atomic E-state index is 12.0. The van der Waals surface area contributed by atoms with Gasteiger partial charge in [0.25, 0.3) is 5.91 Å². The van der Waals surface area contributed by atoms with Gasteiger partial charge in [-0.25, -0.2) is 4.98 Å². The summed E-state index contributed by atoms with van der Waals surface area (Å²) < 4.78 is 0. The van der Waals surface area contributed by atoms with Gasteiger partial charge in [-0.3, -0.25) is 4.79 Å². The third kappa shape index (κ3) is 3.96. The lowest BCUT2D eigenvalue weighted by Crippen LogP contribution is -2.25. The molecule has 2 rings (SSSR count). The molecule has 0 fully saturated rings. The van der Waals surface area contributed by atoms with E-state index >= 15 is 0 Å². The van der Waals surface area contributed by atoms with E-state index < -0.39 is 0 Å². The number of carbonyl (C=O) groups is 1. The standard InChI is InChI=1S/C14H18ClN3O/c15-13-8-11(12(16)9-18-13)14(19)17-7-6-10-4-2-1-3-5-10/h4,8-9H,1-3,5-7,16H2,(H,17,19). The number of nitrogen functional groups attached to an aromatic ring is 1. The maximum Gasteiger partial charge on any atom is 0.253 e. The first kappa shape index (κ1) is 13.9. The third-order valence-corrected chi connectivity index (χ3v) is 3.47. The van der Waals surface area contributed by atoms with Crippen LogP contribution in [-0.2, 0) is 0 Å². The van der Waals surface area contributed by atoms with Gasteiger partial charge in [-0.05, 0) is 38.2 Å². The highest BCUT2D eigenvalue weighted by Gasteiger charge is 2.11. The normalized spacial score (nSPS) is 14.9. The van der Waals surface area contributed by atoms with E-state index in [9.17, 15) is 4.79 Å². The summed E-state index contributed by atoms with van der Waals surface area (Å²) in [5.74, 6) is -0.196. The minimum absolute atomic E-state index is 0.196. The Labute approximate surface area is 118 Å². The van der Waals surface area contributed by atoms with Crippen LogP contribution >= 0.6 is 11.6 Å². The van der Waals surface area contributed by atoms with Crippen LogP contribution in [0.4, 0.5) is 5.69 Å². The molecule has 0 aliphatic heterocycles. The summed E-state index contributed by atoms with van der Waals surface area (Å²) in [5, 5.41) is 3.14. The number of allylic oxidation sites excluding steroid dienone is 1. The fraction of sp³-hybridized carbons (Fsp3) is 0.429. The Morgan fingerprint density at radius 2 is 2.32 bits per heavy atom. The van der Waals surface area contributed by atoms with Crippen LogP contribution in [0.3, 0.4) is 0 Å². The lowest BCUT2D eigenvalue weighted by molar-refractivity contribution is 0.0955. The molecule has 0 aromatic carbocycles. The smallest absolute Gasteiger partial charge is 0.253 e. The number of hydrogen-bond acceptors (Lipinski definition) is 3. The van der Waals surface area contributed by atoms with E-state index in [4.69, 9.17) is 17.3 Å². The molecule has 0 saturated carbocycles. The van der Waals surface area contributed by atoms with Gasteiger partial charge in [0.15, 0.2) is 0 Å². The van der Waals surface area contributed by atoms with Crippen LogP contribution in [0.1, 0.15) is 42.5 Å². The molecule has 0 saturated heterocycles. The predicted molar refractivity (Wildman–Crippen MR) is 77.2 cm³/mol.